The van der Waals surface area contributed by atoms with Gasteiger partial charge in [-0.25, -0.2) is 4.79 Å². The van der Waals surface area contributed by atoms with Crippen molar-refractivity contribution < 1.29 is 33.8 Å². The number of phenols is 2. The number of furan rings is 1. The van der Waals surface area contributed by atoms with E-state index in [0.717, 1.165) is 6.07 Å². The molecule has 1 aromatic heterocycles. The number of ether oxygens (including phenoxy) is 1. The molecular weight excluding hydrogens is 364 g/mol. The third kappa shape index (κ3) is 2.40. The van der Waals surface area contributed by atoms with Crippen molar-refractivity contribution in [3.63, 3.8) is 0 Å². The second-order valence-corrected chi connectivity index (χ2v) is 6.12. The first-order chi connectivity index (χ1) is 13.5. The fraction of sp³-hybridized carbons (Fsp3) is 0.0952. The maximum absolute atomic E-state index is 13.2. The molecule has 2 N–H and O–H groups in total. The van der Waals surface area contributed by atoms with Crippen molar-refractivity contribution >= 4 is 17.5 Å². The summed E-state index contributed by atoms with van der Waals surface area (Å²) in [7, 11) is 0. The molecule has 1 aliphatic rings. The molecule has 0 fully saturated rings. The Morgan fingerprint density at radius 3 is 2.43 bits per heavy atom. The lowest BCUT2D eigenvalue weighted by atomic mass is 9.79. The predicted octanol–water partition coefficient (Wildman–Crippen LogP) is 3.31. The lowest BCUT2D eigenvalue weighted by molar-refractivity contribution is 0.0523. The highest BCUT2D eigenvalue weighted by atomic mass is 16.5. The zero-order valence-electron chi connectivity index (χ0n) is 14.7. The minimum absolute atomic E-state index is 0.0196. The molecule has 140 valence electrons. The van der Waals surface area contributed by atoms with Crippen LogP contribution in [0, 0.1) is 0 Å². The van der Waals surface area contributed by atoms with Crippen LogP contribution >= 0.6 is 0 Å². The average Bonchev–Trinajstić information content (AvgIpc) is 3.19. The van der Waals surface area contributed by atoms with Crippen LogP contribution in [0.4, 0.5) is 0 Å². The normalized spacial score (nSPS) is 12.5. The summed E-state index contributed by atoms with van der Waals surface area (Å²) in [5, 5.41) is 20.7. The molecule has 0 saturated heterocycles. The van der Waals surface area contributed by atoms with E-state index in [1.54, 1.807) is 13.0 Å². The van der Waals surface area contributed by atoms with Crippen LogP contribution in [0.3, 0.4) is 0 Å². The largest absolute Gasteiger partial charge is 0.507 e. The number of esters is 1. The van der Waals surface area contributed by atoms with Crippen LogP contribution in [-0.4, -0.2) is 34.4 Å². The van der Waals surface area contributed by atoms with Crippen molar-refractivity contribution in [2.75, 3.05) is 6.61 Å². The predicted molar refractivity (Wildman–Crippen MR) is 96.7 cm³/mol. The van der Waals surface area contributed by atoms with Gasteiger partial charge in [-0.15, -0.1) is 0 Å². The third-order valence-electron chi connectivity index (χ3n) is 4.54. The van der Waals surface area contributed by atoms with E-state index in [4.69, 9.17) is 9.15 Å². The topological polar surface area (TPSA) is 114 Å². The zero-order chi connectivity index (χ0) is 20.0. The summed E-state index contributed by atoms with van der Waals surface area (Å²) in [6.45, 7) is 1.65. The molecule has 7 heteroatoms. The minimum Gasteiger partial charge on any atom is -0.507 e. The maximum atomic E-state index is 13.2. The molecule has 0 saturated carbocycles. The summed E-state index contributed by atoms with van der Waals surface area (Å²) in [4.78, 5) is 38.7. The van der Waals surface area contributed by atoms with E-state index in [9.17, 15) is 24.6 Å². The van der Waals surface area contributed by atoms with Crippen molar-refractivity contribution in [3.8, 4) is 22.8 Å². The molecule has 0 aliphatic heterocycles. The van der Waals surface area contributed by atoms with Crippen LogP contribution in [0.25, 0.3) is 11.3 Å². The first-order valence-corrected chi connectivity index (χ1v) is 8.48. The second kappa shape index (κ2) is 6.38. The van der Waals surface area contributed by atoms with E-state index in [-0.39, 0.29) is 51.5 Å². The van der Waals surface area contributed by atoms with Gasteiger partial charge in [-0.1, -0.05) is 12.1 Å². The molecule has 7 nitrogen and oxygen atoms in total. The molecular formula is C21H14O7. The summed E-state index contributed by atoms with van der Waals surface area (Å²) in [5.41, 5.74) is -0.685. The fourth-order valence-corrected chi connectivity index (χ4v) is 3.40. The van der Waals surface area contributed by atoms with Crippen molar-refractivity contribution in [1.82, 2.24) is 0 Å². The molecule has 0 bridgehead atoms. The third-order valence-corrected chi connectivity index (χ3v) is 4.54. The van der Waals surface area contributed by atoms with E-state index in [1.165, 1.54) is 30.5 Å². The van der Waals surface area contributed by atoms with Crippen LogP contribution in [0.1, 0.15) is 49.1 Å². The van der Waals surface area contributed by atoms with E-state index in [2.05, 4.69) is 0 Å². The summed E-state index contributed by atoms with van der Waals surface area (Å²) in [6.07, 6.45) is 1.33. The van der Waals surface area contributed by atoms with Crippen LogP contribution in [-0.2, 0) is 4.74 Å². The quantitative estimate of drug-likeness (QED) is 0.526. The highest BCUT2D eigenvalue weighted by Crippen LogP contribution is 2.42. The Kier molecular flexibility index (Phi) is 4.00. The standard InChI is InChI=1S/C21H14O7/c1-2-27-21(26)17-13(23)9-11-16(18(17)14-7-4-8-28-14)20(25)15-10(19(11)24)5-3-6-12(15)22/h3-9,22-23H,2H2,1H3. The summed E-state index contributed by atoms with van der Waals surface area (Å²) in [6, 6.07) is 8.28. The Bertz CT molecular complexity index is 1140. The van der Waals surface area contributed by atoms with Crippen molar-refractivity contribution in [3.05, 3.63) is 70.5 Å². The van der Waals surface area contributed by atoms with Crippen molar-refractivity contribution in [2.24, 2.45) is 0 Å². The van der Waals surface area contributed by atoms with Crippen molar-refractivity contribution in [1.29, 1.82) is 0 Å². The van der Waals surface area contributed by atoms with Gasteiger partial charge >= 0.3 is 5.97 Å². The Labute approximate surface area is 158 Å². The van der Waals surface area contributed by atoms with E-state index >= 15 is 0 Å². The van der Waals surface area contributed by atoms with Gasteiger partial charge in [0.15, 0.2) is 11.6 Å². The van der Waals surface area contributed by atoms with Gasteiger partial charge in [-0.2, -0.15) is 0 Å². The van der Waals surface area contributed by atoms with Crippen molar-refractivity contribution in [2.45, 2.75) is 6.92 Å². The fourth-order valence-electron chi connectivity index (χ4n) is 3.40. The molecule has 0 radical (unpaired) electrons. The van der Waals surface area contributed by atoms with E-state index in [0.29, 0.717) is 0 Å². The number of benzene rings is 2. The molecule has 1 heterocycles. The Balaban J connectivity index is 2.11. The van der Waals surface area contributed by atoms with Gasteiger partial charge in [-0.3, -0.25) is 9.59 Å². The number of phenolic OH excluding ortho intramolecular Hbond substituents is 2. The number of aromatic hydroxyl groups is 2. The van der Waals surface area contributed by atoms with Crippen LogP contribution in [0.2, 0.25) is 0 Å². The van der Waals surface area contributed by atoms with E-state index < -0.39 is 23.3 Å². The molecule has 0 amide bonds. The second-order valence-electron chi connectivity index (χ2n) is 6.12. The lowest BCUT2D eigenvalue weighted by Crippen LogP contribution is -2.23. The Hall–Kier alpha value is -3.87. The number of rotatable bonds is 3. The number of fused-ring (bicyclic) bond motifs is 2. The molecule has 3 aromatic rings. The number of hydrogen-bond acceptors (Lipinski definition) is 7. The van der Waals surface area contributed by atoms with E-state index in [1.807, 2.05) is 0 Å². The zero-order valence-corrected chi connectivity index (χ0v) is 14.7. The average molecular weight is 378 g/mol. The number of ketones is 2. The van der Waals surface area contributed by atoms with Gasteiger partial charge in [0.2, 0.25) is 0 Å². The lowest BCUT2D eigenvalue weighted by Gasteiger charge is -2.22. The Morgan fingerprint density at radius 2 is 1.75 bits per heavy atom. The van der Waals surface area contributed by atoms with Gasteiger partial charge in [0.25, 0.3) is 0 Å². The Morgan fingerprint density at radius 1 is 0.964 bits per heavy atom. The molecule has 1 aliphatic carbocycles. The van der Waals surface area contributed by atoms with Gasteiger partial charge in [-0.05, 0) is 31.2 Å². The first-order valence-electron chi connectivity index (χ1n) is 8.48. The minimum atomic E-state index is -0.863. The number of carbonyl (C=O) groups is 3. The molecule has 0 spiro atoms. The highest BCUT2D eigenvalue weighted by Gasteiger charge is 2.38. The van der Waals surface area contributed by atoms with Crippen LogP contribution in [0.5, 0.6) is 11.5 Å². The number of hydrogen-bond donors (Lipinski definition) is 2. The smallest absolute Gasteiger partial charge is 0.342 e. The molecule has 28 heavy (non-hydrogen) atoms. The van der Waals surface area contributed by atoms with Gasteiger partial charge < -0.3 is 19.4 Å². The van der Waals surface area contributed by atoms with Crippen LogP contribution < -0.4 is 0 Å². The van der Waals surface area contributed by atoms with Gasteiger partial charge in [0.05, 0.1) is 18.4 Å². The van der Waals surface area contributed by atoms with Crippen LogP contribution in [0.15, 0.2) is 47.1 Å². The number of carbonyl (C=O) groups excluding carboxylic acids is 3. The molecule has 4 rings (SSSR count). The summed E-state index contributed by atoms with van der Waals surface area (Å²) >= 11 is 0. The highest BCUT2D eigenvalue weighted by molar-refractivity contribution is 6.32. The molecule has 0 unspecified atom stereocenters. The first kappa shape index (κ1) is 17.5. The molecule has 2 aromatic carbocycles. The summed E-state index contributed by atoms with van der Waals surface area (Å²) < 4.78 is 10.4. The summed E-state index contributed by atoms with van der Waals surface area (Å²) in [5.74, 6) is -2.82. The van der Waals surface area contributed by atoms with Gasteiger partial charge in [0.1, 0.15) is 22.8 Å². The monoisotopic (exact) mass is 378 g/mol. The molecule has 0 atom stereocenters. The SMILES string of the molecule is CCOC(=O)c1c(O)cc2c(c1-c1ccco1)C(=O)c1c(O)cccc1C2=O. The van der Waals surface area contributed by atoms with Gasteiger partial charge in [0, 0.05) is 22.3 Å². The maximum Gasteiger partial charge on any atom is 0.342 e.